The van der Waals surface area contributed by atoms with Crippen LogP contribution in [0.3, 0.4) is 0 Å². The van der Waals surface area contributed by atoms with E-state index in [1.807, 2.05) is 30.3 Å². The van der Waals surface area contributed by atoms with Crippen LogP contribution in [0.2, 0.25) is 0 Å². The van der Waals surface area contributed by atoms with E-state index >= 15 is 0 Å². The van der Waals surface area contributed by atoms with Gasteiger partial charge >= 0.3 is 0 Å². The molecule has 10 heteroatoms. The predicted octanol–water partition coefficient (Wildman–Crippen LogP) is 1.16. The molecule has 5 rings (SSSR count). The summed E-state index contributed by atoms with van der Waals surface area (Å²) in [6.07, 6.45) is -1.64. The average molecular weight is 521 g/mol. The minimum atomic E-state index is -2.93. The van der Waals surface area contributed by atoms with E-state index < -0.39 is 75.6 Å². The maximum atomic E-state index is 14.0. The normalized spacial score (nSPS) is 30.7. The first kappa shape index (κ1) is 25.7. The van der Waals surface area contributed by atoms with Crippen molar-refractivity contribution in [3.05, 3.63) is 70.5 Å². The van der Waals surface area contributed by atoms with E-state index in [-0.39, 0.29) is 11.3 Å². The van der Waals surface area contributed by atoms with Crippen LogP contribution in [0.1, 0.15) is 24.0 Å². The molecule has 7 N–H and O–H groups in total. The van der Waals surface area contributed by atoms with Crippen LogP contribution in [0.4, 0.5) is 0 Å². The summed E-state index contributed by atoms with van der Waals surface area (Å²) in [5, 5.41) is 56.6. The highest BCUT2D eigenvalue weighted by molar-refractivity contribution is 6.24. The largest absolute Gasteiger partial charge is 0.508 e. The molecule has 1 fully saturated rings. The zero-order chi connectivity index (χ0) is 27.8. The number of hydrogen-bond donors (Lipinski definition) is 6. The fourth-order valence-corrected chi connectivity index (χ4v) is 6.57. The Labute approximate surface area is 217 Å². The van der Waals surface area contributed by atoms with Crippen LogP contribution in [0, 0.1) is 11.8 Å². The van der Waals surface area contributed by atoms with Crippen molar-refractivity contribution >= 4 is 23.2 Å². The first-order valence-corrected chi connectivity index (χ1v) is 12.1. The smallest absolute Gasteiger partial charge is 0.255 e. The molecule has 0 radical (unpaired) electrons. The van der Waals surface area contributed by atoms with Crippen LogP contribution in [0.5, 0.6) is 5.75 Å². The minimum absolute atomic E-state index is 0.0395. The number of carbonyl (C=O) groups excluding carboxylic acids is 3. The lowest BCUT2D eigenvalue weighted by Gasteiger charge is -2.53. The number of aliphatic hydroxyl groups is 4. The summed E-state index contributed by atoms with van der Waals surface area (Å²) >= 11 is 0. The third-order valence-electron chi connectivity index (χ3n) is 8.19. The first-order valence-electron chi connectivity index (χ1n) is 12.1. The maximum Gasteiger partial charge on any atom is 0.255 e. The van der Waals surface area contributed by atoms with Gasteiger partial charge in [0.05, 0.1) is 23.6 Å². The van der Waals surface area contributed by atoms with E-state index in [9.17, 15) is 39.9 Å². The van der Waals surface area contributed by atoms with E-state index in [1.165, 1.54) is 25.1 Å². The molecule has 3 aliphatic carbocycles. The van der Waals surface area contributed by atoms with Crippen molar-refractivity contribution in [2.45, 2.75) is 30.6 Å². The number of ketones is 2. The number of nitrogens with zero attached hydrogens (tertiary/aromatic N) is 1. The Hall–Kier alpha value is -3.99. The van der Waals surface area contributed by atoms with Crippen LogP contribution in [0.25, 0.3) is 16.9 Å². The first-order chi connectivity index (χ1) is 17.8. The van der Waals surface area contributed by atoms with Gasteiger partial charge in [0.1, 0.15) is 22.8 Å². The van der Waals surface area contributed by atoms with Crippen molar-refractivity contribution in [1.82, 2.24) is 4.90 Å². The zero-order valence-electron chi connectivity index (χ0n) is 20.9. The molecule has 3 aliphatic rings. The van der Waals surface area contributed by atoms with Gasteiger partial charge in [0.15, 0.2) is 11.4 Å². The summed E-state index contributed by atoms with van der Waals surface area (Å²) in [5.41, 5.74) is 2.89. The van der Waals surface area contributed by atoms with E-state index in [0.717, 1.165) is 5.56 Å². The van der Waals surface area contributed by atoms with Crippen LogP contribution in [-0.2, 0) is 14.4 Å². The van der Waals surface area contributed by atoms with Gasteiger partial charge in [-0.25, -0.2) is 0 Å². The third-order valence-corrected chi connectivity index (χ3v) is 8.19. The highest BCUT2D eigenvalue weighted by atomic mass is 16.4. The van der Waals surface area contributed by atoms with Crippen molar-refractivity contribution < 1.29 is 39.9 Å². The molecule has 198 valence electrons. The van der Waals surface area contributed by atoms with Gasteiger partial charge < -0.3 is 31.3 Å². The summed E-state index contributed by atoms with van der Waals surface area (Å²) < 4.78 is 0. The molecule has 0 aliphatic heterocycles. The molecule has 0 unspecified atom stereocenters. The molecule has 2 aromatic carbocycles. The molecule has 0 saturated heterocycles. The van der Waals surface area contributed by atoms with E-state index in [2.05, 4.69) is 0 Å². The summed E-state index contributed by atoms with van der Waals surface area (Å²) in [4.78, 5) is 40.7. The maximum absolute atomic E-state index is 14.0. The highest BCUT2D eigenvalue weighted by Crippen LogP contribution is 2.57. The number of rotatable bonds is 3. The summed E-state index contributed by atoms with van der Waals surface area (Å²) in [5.74, 6) is -9.13. The van der Waals surface area contributed by atoms with Crippen LogP contribution in [0.15, 0.2) is 59.4 Å². The van der Waals surface area contributed by atoms with Crippen LogP contribution >= 0.6 is 0 Å². The van der Waals surface area contributed by atoms with Gasteiger partial charge in [-0.15, -0.1) is 0 Å². The third kappa shape index (κ3) is 3.14. The molecule has 10 nitrogen and oxygen atoms in total. The van der Waals surface area contributed by atoms with Gasteiger partial charge in [-0.1, -0.05) is 43.3 Å². The summed E-state index contributed by atoms with van der Waals surface area (Å²) in [6, 6.07) is 10.8. The second kappa shape index (κ2) is 8.52. The van der Waals surface area contributed by atoms with Crippen molar-refractivity contribution in [3.8, 4) is 16.9 Å². The molecule has 2 aromatic rings. The quantitative estimate of drug-likeness (QED) is 0.324. The number of amides is 1. The van der Waals surface area contributed by atoms with Gasteiger partial charge in [0, 0.05) is 11.5 Å². The Balaban J connectivity index is 1.83. The molecule has 0 spiro atoms. The lowest BCUT2D eigenvalue weighted by molar-refractivity contribution is -0.169. The van der Waals surface area contributed by atoms with Gasteiger partial charge in [0.2, 0.25) is 5.78 Å². The summed E-state index contributed by atoms with van der Waals surface area (Å²) in [6.45, 7) is 1.71. The zero-order valence-corrected chi connectivity index (χ0v) is 20.9. The monoisotopic (exact) mass is 520 g/mol. The van der Waals surface area contributed by atoms with E-state index in [4.69, 9.17) is 5.73 Å². The highest BCUT2D eigenvalue weighted by Gasteiger charge is 2.68. The topological polar surface area (TPSA) is 182 Å². The van der Waals surface area contributed by atoms with Crippen molar-refractivity contribution in [1.29, 1.82) is 0 Å². The molecule has 38 heavy (non-hydrogen) atoms. The molecule has 0 bridgehead atoms. The SMILES string of the molecule is C[C@@H]1c2c(-c3ccccc3)ccc(O)c2C(O)=C2C(=O)[C@@]3(O)C(O)=C(C(N)=O)C(=O)[C@H](N(C)C)[C@H]3[C@H](O)[C@H]21. The van der Waals surface area contributed by atoms with Gasteiger partial charge in [-0.3, -0.25) is 19.3 Å². The second-order valence-corrected chi connectivity index (χ2v) is 10.3. The number of benzene rings is 2. The van der Waals surface area contributed by atoms with Crippen LogP contribution in [-0.4, -0.2) is 79.7 Å². The number of fused-ring (bicyclic) bond motifs is 3. The number of phenols is 1. The Morgan fingerprint density at radius 2 is 1.66 bits per heavy atom. The van der Waals surface area contributed by atoms with Crippen molar-refractivity contribution in [2.24, 2.45) is 17.6 Å². The van der Waals surface area contributed by atoms with E-state index in [1.54, 1.807) is 13.0 Å². The van der Waals surface area contributed by atoms with Crippen molar-refractivity contribution in [2.75, 3.05) is 14.1 Å². The molecule has 0 heterocycles. The fraction of sp³-hybridized carbons (Fsp3) is 0.321. The Kier molecular flexibility index (Phi) is 5.75. The number of aromatic hydroxyl groups is 1. The van der Waals surface area contributed by atoms with Gasteiger partial charge in [0.25, 0.3) is 5.91 Å². The summed E-state index contributed by atoms with van der Waals surface area (Å²) in [7, 11) is 2.93. The molecule has 6 atom stereocenters. The van der Waals surface area contributed by atoms with Crippen molar-refractivity contribution in [3.63, 3.8) is 0 Å². The lowest BCUT2D eigenvalue weighted by atomic mass is 9.54. The number of aliphatic hydroxyl groups excluding tert-OH is 3. The Morgan fingerprint density at radius 3 is 2.24 bits per heavy atom. The number of Topliss-reactive ketones (excluding diaryl/α,β-unsaturated/α-hetero) is 2. The predicted molar refractivity (Wildman–Crippen MR) is 136 cm³/mol. The Bertz CT molecular complexity index is 1460. The number of primary amides is 1. The Morgan fingerprint density at radius 1 is 1.03 bits per heavy atom. The van der Waals surface area contributed by atoms with Gasteiger partial charge in [-0.2, -0.15) is 0 Å². The lowest BCUT2D eigenvalue weighted by Crippen LogP contribution is -2.70. The van der Waals surface area contributed by atoms with Crippen LogP contribution < -0.4 is 5.73 Å². The van der Waals surface area contributed by atoms with Gasteiger partial charge in [-0.05, 0) is 42.8 Å². The van der Waals surface area contributed by atoms with E-state index in [0.29, 0.717) is 11.1 Å². The molecule has 1 saturated carbocycles. The number of nitrogens with two attached hydrogens (primary N) is 1. The number of carbonyl (C=O) groups is 3. The molecular formula is C28H28N2O8. The number of hydrogen-bond acceptors (Lipinski definition) is 9. The molecule has 0 aromatic heterocycles. The minimum Gasteiger partial charge on any atom is -0.508 e. The average Bonchev–Trinajstić information content (AvgIpc) is 2.86. The molecule has 1 amide bonds. The second-order valence-electron chi connectivity index (χ2n) is 10.3. The molecular weight excluding hydrogens is 492 g/mol. The fourth-order valence-electron chi connectivity index (χ4n) is 6.57. The standard InChI is InChI=1S/C28H28N2O8/c1-11-15-13(12-7-5-4-6-8-12)9-10-14(31)17(15)22(32)18-16(11)23(33)20-21(30(2)3)24(34)19(27(29)37)26(36)28(20,38)25(18)35/h4-11,16,20-21,23,31-33,36,38H,1-3H3,(H2,29,37)/t11-,16+,20+,21-,23-,28-/m1/s1. The number of phenolic OH excluding ortho intramolecular Hbond substituents is 1. The number of likely N-dealkylation sites (N-methyl/N-ethyl adjacent to an activating group) is 1.